The largest absolute Gasteiger partial charge is 0.381 e. The van der Waals surface area contributed by atoms with E-state index in [0.29, 0.717) is 12.1 Å². The first-order valence-electron chi connectivity index (χ1n) is 7.29. The van der Waals surface area contributed by atoms with E-state index < -0.39 is 0 Å². The number of rotatable bonds is 3. The summed E-state index contributed by atoms with van der Waals surface area (Å²) in [7, 11) is 0. The molecule has 0 saturated carbocycles. The van der Waals surface area contributed by atoms with Crippen LogP contribution in [0.15, 0.2) is 0 Å². The lowest BCUT2D eigenvalue weighted by Crippen LogP contribution is -2.60. The first-order valence-corrected chi connectivity index (χ1v) is 7.29. The van der Waals surface area contributed by atoms with Crippen LogP contribution in [0.4, 0.5) is 0 Å². The molecule has 0 aromatic heterocycles. The van der Waals surface area contributed by atoms with E-state index in [0.717, 1.165) is 31.7 Å². The second-order valence-corrected chi connectivity index (χ2v) is 5.79. The zero-order valence-corrected chi connectivity index (χ0v) is 11.6. The summed E-state index contributed by atoms with van der Waals surface area (Å²) >= 11 is 0. The molecule has 0 radical (unpaired) electrons. The van der Waals surface area contributed by atoms with Gasteiger partial charge in [-0.3, -0.25) is 4.90 Å². The van der Waals surface area contributed by atoms with Crippen LogP contribution in [0.2, 0.25) is 0 Å². The van der Waals surface area contributed by atoms with E-state index in [9.17, 15) is 0 Å². The Morgan fingerprint density at radius 3 is 2.71 bits per heavy atom. The smallest absolute Gasteiger partial charge is 0.0480 e. The van der Waals surface area contributed by atoms with Crippen LogP contribution in [0.1, 0.15) is 40.0 Å². The van der Waals surface area contributed by atoms with Crippen molar-refractivity contribution < 1.29 is 4.74 Å². The van der Waals surface area contributed by atoms with Crippen molar-refractivity contribution in [2.75, 3.05) is 26.3 Å². The fraction of sp³-hybridized carbons (Fsp3) is 1.00. The van der Waals surface area contributed by atoms with Crippen molar-refractivity contribution in [2.24, 2.45) is 5.92 Å². The lowest BCUT2D eigenvalue weighted by molar-refractivity contribution is -0.000393. The van der Waals surface area contributed by atoms with Gasteiger partial charge in [-0.15, -0.1) is 0 Å². The summed E-state index contributed by atoms with van der Waals surface area (Å²) in [6, 6.07) is 2.12. The van der Waals surface area contributed by atoms with Crippen molar-refractivity contribution in [3.63, 3.8) is 0 Å². The van der Waals surface area contributed by atoms with Gasteiger partial charge < -0.3 is 10.1 Å². The molecular weight excluding hydrogens is 212 g/mol. The lowest BCUT2D eigenvalue weighted by Gasteiger charge is -2.46. The third-order valence-electron chi connectivity index (χ3n) is 4.64. The highest BCUT2D eigenvalue weighted by Crippen LogP contribution is 2.22. The van der Waals surface area contributed by atoms with Gasteiger partial charge in [0.25, 0.3) is 0 Å². The highest BCUT2D eigenvalue weighted by Gasteiger charge is 2.32. The molecule has 0 amide bonds. The predicted molar refractivity (Wildman–Crippen MR) is 71.3 cm³/mol. The zero-order chi connectivity index (χ0) is 12.3. The normalized spacial score (nSPS) is 34.8. The van der Waals surface area contributed by atoms with Crippen LogP contribution in [0.25, 0.3) is 0 Å². The lowest BCUT2D eigenvalue weighted by atomic mass is 9.93. The first-order chi connectivity index (χ1) is 8.22. The average Bonchev–Trinajstić information content (AvgIpc) is 2.39. The molecule has 0 aromatic carbocycles. The molecule has 2 aliphatic heterocycles. The second-order valence-electron chi connectivity index (χ2n) is 5.79. The van der Waals surface area contributed by atoms with Gasteiger partial charge in [0.05, 0.1) is 0 Å². The molecule has 3 atom stereocenters. The monoisotopic (exact) mass is 240 g/mol. The van der Waals surface area contributed by atoms with Crippen LogP contribution in [0.3, 0.4) is 0 Å². The molecule has 0 bridgehead atoms. The topological polar surface area (TPSA) is 24.5 Å². The predicted octanol–water partition coefficient (Wildman–Crippen LogP) is 1.87. The maximum atomic E-state index is 5.48. The maximum Gasteiger partial charge on any atom is 0.0480 e. The SMILES string of the molecule is CCC(C)C1CN(C2CCOCC2)C(C)CN1. The highest BCUT2D eigenvalue weighted by molar-refractivity contribution is 4.90. The number of hydrogen-bond acceptors (Lipinski definition) is 3. The minimum Gasteiger partial charge on any atom is -0.381 e. The van der Waals surface area contributed by atoms with Gasteiger partial charge in [0.15, 0.2) is 0 Å². The van der Waals surface area contributed by atoms with Gasteiger partial charge in [-0.1, -0.05) is 20.3 Å². The zero-order valence-electron chi connectivity index (χ0n) is 11.6. The van der Waals surface area contributed by atoms with E-state index in [1.807, 2.05) is 0 Å². The minimum atomic E-state index is 0.679. The van der Waals surface area contributed by atoms with Crippen LogP contribution in [0, 0.1) is 5.92 Å². The van der Waals surface area contributed by atoms with Crippen LogP contribution in [-0.4, -0.2) is 49.3 Å². The third kappa shape index (κ3) is 3.21. The molecule has 3 heteroatoms. The van der Waals surface area contributed by atoms with Gasteiger partial charge in [0.2, 0.25) is 0 Å². The van der Waals surface area contributed by atoms with E-state index >= 15 is 0 Å². The molecule has 2 aliphatic rings. The molecule has 100 valence electrons. The van der Waals surface area contributed by atoms with Crippen molar-refractivity contribution in [3.8, 4) is 0 Å². The van der Waals surface area contributed by atoms with Crippen LogP contribution < -0.4 is 5.32 Å². The Bertz CT molecular complexity index is 228. The van der Waals surface area contributed by atoms with Gasteiger partial charge in [0.1, 0.15) is 0 Å². The Morgan fingerprint density at radius 2 is 2.06 bits per heavy atom. The Morgan fingerprint density at radius 1 is 1.35 bits per heavy atom. The molecule has 0 spiro atoms. The van der Waals surface area contributed by atoms with Crippen LogP contribution in [0.5, 0.6) is 0 Å². The number of piperazine rings is 1. The quantitative estimate of drug-likeness (QED) is 0.815. The second kappa shape index (κ2) is 6.17. The van der Waals surface area contributed by atoms with Crippen molar-refractivity contribution in [3.05, 3.63) is 0 Å². The fourth-order valence-corrected chi connectivity index (χ4v) is 3.10. The van der Waals surface area contributed by atoms with Crippen molar-refractivity contribution >= 4 is 0 Å². The summed E-state index contributed by atoms with van der Waals surface area (Å²) < 4.78 is 5.48. The molecule has 2 fully saturated rings. The average molecular weight is 240 g/mol. The summed E-state index contributed by atoms with van der Waals surface area (Å²) in [6.07, 6.45) is 3.71. The van der Waals surface area contributed by atoms with Gasteiger partial charge in [0, 0.05) is 44.4 Å². The van der Waals surface area contributed by atoms with Gasteiger partial charge >= 0.3 is 0 Å². The number of nitrogens with one attached hydrogen (secondary N) is 1. The molecule has 2 saturated heterocycles. The fourth-order valence-electron chi connectivity index (χ4n) is 3.10. The number of nitrogens with zero attached hydrogens (tertiary/aromatic N) is 1. The molecule has 1 N–H and O–H groups in total. The van der Waals surface area contributed by atoms with Crippen molar-refractivity contribution in [1.82, 2.24) is 10.2 Å². The van der Waals surface area contributed by atoms with Crippen LogP contribution in [-0.2, 0) is 4.74 Å². The van der Waals surface area contributed by atoms with E-state index in [-0.39, 0.29) is 0 Å². The first kappa shape index (κ1) is 13.3. The van der Waals surface area contributed by atoms with Gasteiger partial charge in [-0.25, -0.2) is 0 Å². The summed E-state index contributed by atoms with van der Waals surface area (Å²) in [5.74, 6) is 0.782. The summed E-state index contributed by atoms with van der Waals surface area (Å²) in [6.45, 7) is 11.3. The molecular formula is C14H28N2O. The molecule has 2 rings (SSSR count). The standard InChI is InChI=1S/C14H28N2O/c1-4-11(2)14-10-16(12(3)9-15-14)13-5-7-17-8-6-13/h11-15H,4-10H2,1-3H3. The van der Waals surface area contributed by atoms with Crippen LogP contribution >= 0.6 is 0 Å². The maximum absolute atomic E-state index is 5.48. The van der Waals surface area contributed by atoms with Crippen molar-refractivity contribution in [1.29, 1.82) is 0 Å². The minimum absolute atomic E-state index is 0.679. The third-order valence-corrected chi connectivity index (χ3v) is 4.64. The van der Waals surface area contributed by atoms with E-state index in [2.05, 4.69) is 31.0 Å². The van der Waals surface area contributed by atoms with E-state index in [1.165, 1.54) is 25.8 Å². The molecule has 2 heterocycles. The molecule has 3 unspecified atom stereocenters. The van der Waals surface area contributed by atoms with Crippen molar-refractivity contribution in [2.45, 2.75) is 58.2 Å². The molecule has 17 heavy (non-hydrogen) atoms. The molecule has 0 aliphatic carbocycles. The summed E-state index contributed by atoms with van der Waals surface area (Å²) in [4.78, 5) is 2.73. The van der Waals surface area contributed by atoms with E-state index in [4.69, 9.17) is 4.74 Å². The Balaban J connectivity index is 1.93. The highest BCUT2D eigenvalue weighted by atomic mass is 16.5. The summed E-state index contributed by atoms with van der Waals surface area (Å²) in [5.41, 5.74) is 0. The molecule has 0 aromatic rings. The number of hydrogen-bond donors (Lipinski definition) is 1. The van der Waals surface area contributed by atoms with Gasteiger partial charge in [-0.2, -0.15) is 0 Å². The number of ether oxygens (including phenoxy) is 1. The van der Waals surface area contributed by atoms with Gasteiger partial charge in [-0.05, 0) is 25.7 Å². The molecule has 3 nitrogen and oxygen atoms in total. The summed E-state index contributed by atoms with van der Waals surface area (Å²) in [5, 5.41) is 3.72. The Kier molecular flexibility index (Phi) is 4.83. The van der Waals surface area contributed by atoms with E-state index in [1.54, 1.807) is 0 Å². The Hall–Kier alpha value is -0.120. The Labute approximate surface area is 106 Å².